The molecule has 1 aromatic heterocycles. The minimum atomic E-state index is -0.655. The highest BCUT2D eigenvalue weighted by Gasteiger charge is 2.33. The van der Waals surface area contributed by atoms with Crippen molar-refractivity contribution in [2.75, 3.05) is 5.32 Å². The second-order valence-electron chi connectivity index (χ2n) is 5.73. The van der Waals surface area contributed by atoms with Crippen molar-refractivity contribution in [1.82, 2.24) is 9.13 Å². The SMILES string of the molecule is CC1=C(C#N)C(c2ccc(F)cc2)c2c(n(C)c(=O)n(C)c2=O)N1. The number of anilines is 1. The highest BCUT2D eigenvalue weighted by atomic mass is 19.1. The number of hydrogen-bond acceptors (Lipinski definition) is 4. The van der Waals surface area contributed by atoms with Crippen LogP contribution < -0.4 is 16.6 Å². The molecule has 0 radical (unpaired) electrons. The highest BCUT2D eigenvalue weighted by molar-refractivity contribution is 5.64. The first-order chi connectivity index (χ1) is 11.4. The third kappa shape index (κ3) is 2.15. The number of halogens is 1. The molecule has 1 aliphatic heterocycles. The van der Waals surface area contributed by atoms with Crippen LogP contribution in [0.25, 0.3) is 0 Å². The minimum absolute atomic E-state index is 0.299. The van der Waals surface area contributed by atoms with E-state index in [2.05, 4.69) is 11.4 Å². The van der Waals surface area contributed by atoms with Gasteiger partial charge in [-0.1, -0.05) is 12.1 Å². The van der Waals surface area contributed by atoms with Crippen LogP contribution in [0.5, 0.6) is 0 Å². The minimum Gasteiger partial charge on any atom is -0.344 e. The molecule has 2 heterocycles. The van der Waals surface area contributed by atoms with Gasteiger partial charge in [0, 0.05) is 19.8 Å². The maximum atomic E-state index is 13.3. The lowest BCUT2D eigenvalue weighted by atomic mass is 9.83. The Morgan fingerprint density at radius 3 is 2.38 bits per heavy atom. The molecule has 0 fully saturated rings. The van der Waals surface area contributed by atoms with Gasteiger partial charge in [0.1, 0.15) is 11.6 Å². The molecule has 0 spiro atoms. The van der Waals surface area contributed by atoms with Gasteiger partial charge in [0.25, 0.3) is 5.56 Å². The van der Waals surface area contributed by atoms with Crippen LogP contribution in [0.2, 0.25) is 0 Å². The van der Waals surface area contributed by atoms with E-state index in [1.165, 1.54) is 23.7 Å². The molecular formula is C17H15FN4O2. The predicted octanol–water partition coefficient (Wildman–Crippen LogP) is 1.58. The van der Waals surface area contributed by atoms with E-state index in [1.807, 2.05) is 0 Å². The second kappa shape index (κ2) is 5.49. The van der Waals surface area contributed by atoms with Gasteiger partial charge in [0.15, 0.2) is 0 Å². The number of benzene rings is 1. The van der Waals surface area contributed by atoms with Crippen LogP contribution in [0.15, 0.2) is 45.1 Å². The van der Waals surface area contributed by atoms with Gasteiger partial charge >= 0.3 is 5.69 Å². The van der Waals surface area contributed by atoms with Crippen LogP contribution >= 0.6 is 0 Å². The van der Waals surface area contributed by atoms with E-state index in [9.17, 15) is 19.2 Å². The van der Waals surface area contributed by atoms with Crippen molar-refractivity contribution in [3.8, 4) is 6.07 Å². The van der Waals surface area contributed by atoms with Crippen LogP contribution in [0, 0.1) is 17.1 Å². The molecule has 0 saturated carbocycles. The van der Waals surface area contributed by atoms with E-state index in [4.69, 9.17) is 0 Å². The van der Waals surface area contributed by atoms with Crippen molar-refractivity contribution >= 4 is 5.82 Å². The summed E-state index contributed by atoms with van der Waals surface area (Å²) in [5.41, 5.74) is 0.902. The predicted molar refractivity (Wildman–Crippen MR) is 87.1 cm³/mol. The molecule has 1 unspecified atom stereocenters. The maximum absolute atomic E-state index is 13.3. The number of nitriles is 1. The summed E-state index contributed by atoms with van der Waals surface area (Å²) >= 11 is 0. The van der Waals surface area contributed by atoms with Gasteiger partial charge < -0.3 is 5.32 Å². The number of aromatic nitrogens is 2. The molecule has 0 saturated heterocycles. The number of nitrogens with zero attached hydrogens (tertiary/aromatic N) is 3. The lowest BCUT2D eigenvalue weighted by molar-refractivity contribution is 0.626. The number of fused-ring (bicyclic) bond motifs is 1. The van der Waals surface area contributed by atoms with Gasteiger partial charge in [0.05, 0.1) is 23.1 Å². The van der Waals surface area contributed by atoms with Gasteiger partial charge in [-0.3, -0.25) is 13.9 Å². The van der Waals surface area contributed by atoms with Crippen molar-refractivity contribution in [3.63, 3.8) is 0 Å². The molecule has 0 bridgehead atoms. The number of allylic oxidation sites excluding steroid dienone is 2. The fourth-order valence-corrected chi connectivity index (χ4v) is 3.02. The summed E-state index contributed by atoms with van der Waals surface area (Å²) in [6.07, 6.45) is 0. The van der Waals surface area contributed by atoms with Crippen LogP contribution in [-0.4, -0.2) is 9.13 Å². The Morgan fingerprint density at radius 1 is 1.17 bits per heavy atom. The average Bonchev–Trinajstić information content (AvgIpc) is 2.57. The van der Waals surface area contributed by atoms with Crippen LogP contribution in [-0.2, 0) is 14.1 Å². The molecule has 1 aromatic carbocycles. The summed E-state index contributed by atoms with van der Waals surface area (Å²) in [6, 6.07) is 7.79. The summed E-state index contributed by atoms with van der Waals surface area (Å²) < 4.78 is 15.6. The van der Waals surface area contributed by atoms with Crippen molar-refractivity contribution in [2.45, 2.75) is 12.8 Å². The van der Waals surface area contributed by atoms with Crippen molar-refractivity contribution in [3.05, 3.63) is 73.3 Å². The van der Waals surface area contributed by atoms with Crippen molar-refractivity contribution < 1.29 is 4.39 Å². The first-order valence-corrected chi connectivity index (χ1v) is 7.30. The third-order valence-electron chi connectivity index (χ3n) is 4.31. The van der Waals surface area contributed by atoms with Crippen LogP contribution in [0.3, 0.4) is 0 Å². The molecule has 24 heavy (non-hydrogen) atoms. The molecule has 6 nitrogen and oxygen atoms in total. The topological polar surface area (TPSA) is 79.8 Å². The Kier molecular flexibility index (Phi) is 3.60. The summed E-state index contributed by atoms with van der Waals surface area (Å²) in [6.45, 7) is 1.71. The Bertz CT molecular complexity index is 1020. The summed E-state index contributed by atoms with van der Waals surface area (Å²) in [4.78, 5) is 24.9. The number of hydrogen-bond donors (Lipinski definition) is 1. The third-order valence-corrected chi connectivity index (χ3v) is 4.31. The first-order valence-electron chi connectivity index (χ1n) is 7.30. The van der Waals surface area contributed by atoms with E-state index >= 15 is 0 Å². The van der Waals surface area contributed by atoms with E-state index in [-0.39, 0.29) is 0 Å². The molecule has 0 aliphatic carbocycles. The molecule has 0 amide bonds. The van der Waals surface area contributed by atoms with Crippen molar-refractivity contribution in [1.29, 1.82) is 5.26 Å². The van der Waals surface area contributed by atoms with Gasteiger partial charge in [0.2, 0.25) is 0 Å². The molecule has 1 atom stereocenters. The first kappa shape index (κ1) is 15.7. The Hall–Kier alpha value is -3.14. The van der Waals surface area contributed by atoms with Crippen LogP contribution in [0.4, 0.5) is 10.2 Å². The molecular weight excluding hydrogens is 311 g/mol. The molecule has 7 heteroatoms. The Morgan fingerprint density at radius 2 is 1.79 bits per heavy atom. The van der Waals surface area contributed by atoms with Gasteiger partial charge in [-0.2, -0.15) is 5.26 Å². The monoisotopic (exact) mass is 326 g/mol. The van der Waals surface area contributed by atoms with Gasteiger partial charge in [-0.05, 0) is 24.6 Å². The normalized spacial score (nSPS) is 16.4. The largest absolute Gasteiger partial charge is 0.344 e. The van der Waals surface area contributed by atoms with Gasteiger partial charge in [-0.15, -0.1) is 0 Å². The summed E-state index contributed by atoms with van der Waals surface area (Å²) in [5.74, 6) is -0.702. The van der Waals surface area contributed by atoms with Gasteiger partial charge in [-0.25, -0.2) is 9.18 Å². The number of rotatable bonds is 1. The highest BCUT2D eigenvalue weighted by Crippen LogP contribution is 2.38. The number of nitrogens with one attached hydrogen (secondary N) is 1. The van der Waals surface area contributed by atoms with E-state index in [1.54, 1.807) is 26.1 Å². The fraction of sp³-hybridized carbons (Fsp3) is 0.235. The van der Waals surface area contributed by atoms with Crippen molar-refractivity contribution in [2.24, 2.45) is 14.1 Å². The average molecular weight is 326 g/mol. The maximum Gasteiger partial charge on any atom is 0.332 e. The zero-order valence-corrected chi connectivity index (χ0v) is 13.4. The lowest BCUT2D eigenvalue weighted by Gasteiger charge is -2.29. The zero-order valence-electron chi connectivity index (χ0n) is 13.4. The summed E-state index contributed by atoms with van der Waals surface area (Å²) in [5, 5.41) is 12.5. The molecule has 3 rings (SSSR count). The smallest absolute Gasteiger partial charge is 0.332 e. The molecule has 1 aliphatic rings. The molecule has 2 aromatic rings. The second-order valence-corrected chi connectivity index (χ2v) is 5.73. The van der Waals surface area contributed by atoms with E-state index < -0.39 is 23.0 Å². The Labute approximate surface area is 137 Å². The quantitative estimate of drug-likeness (QED) is 0.863. The fourth-order valence-electron chi connectivity index (χ4n) is 3.02. The molecule has 122 valence electrons. The molecule has 1 N–H and O–H groups in total. The van der Waals surface area contributed by atoms with E-state index in [0.29, 0.717) is 28.2 Å². The zero-order chi connectivity index (χ0) is 17.6. The van der Waals surface area contributed by atoms with E-state index in [0.717, 1.165) is 4.57 Å². The lowest BCUT2D eigenvalue weighted by Crippen LogP contribution is -2.42. The Balaban J connectivity index is 2.41. The van der Waals surface area contributed by atoms with Crippen LogP contribution in [0.1, 0.15) is 24.0 Å². The standard InChI is InChI=1S/C17H15FN4O2/c1-9-12(8-19)13(10-4-6-11(18)7-5-10)14-15(20-9)21(2)17(24)22(3)16(14)23/h4-7,13,20H,1-3H3. The summed E-state index contributed by atoms with van der Waals surface area (Å²) in [7, 11) is 2.95.